The number of nitrogens with zero attached hydrogens (tertiary/aromatic N) is 2. The maximum Gasteiger partial charge on any atom is 0.337 e. The van der Waals surface area contributed by atoms with Crippen LogP contribution in [0.15, 0.2) is 64.2 Å². The topological polar surface area (TPSA) is 141 Å². The molecule has 192 valence electrons. The van der Waals surface area contributed by atoms with Crippen LogP contribution in [-0.4, -0.2) is 43.9 Å². The number of rotatable bonds is 9. The number of hydrogen-bond donors (Lipinski definition) is 1. The van der Waals surface area contributed by atoms with E-state index in [0.29, 0.717) is 28.3 Å². The SMILES string of the molecule is COC(=O)C1=C(C)NC(c2ccc(SC)cc2OC)=C(C(=O)OCCC#N)C1c1cccc([N+](=O)[O-])c1. The summed E-state index contributed by atoms with van der Waals surface area (Å²) in [5.41, 5.74) is 1.46. The summed E-state index contributed by atoms with van der Waals surface area (Å²) in [5.74, 6) is -2.11. The number of non-ortho nitro benzene ring substituents is 1. The van der Waals surface area contributed by atoms with E-state index < -0.39 is 22.8 Å². The summed E-state index contributed by atoms with van der Waals surface area (Å²) in [4.78, 5) is 38.4. The van der Waals surface area contributed by atoms with E-state index in [1.807, 2.05) is 24.5 Å². The molecule has 1 unspecified atom stereocenters. The normalized spacial score (nSPS) is 14.9. The summed E-state index contributed by atoms with van der Waals surface area (Å²) in [6.45, 7) is 1.48. The van der Waals surface area contributed by atoms with Gasteiger partial charge in [-0.15, -0.1) is 11.8 Å². The molecule has 3 rings (SSSR count). The van der Waals surface area contributed by atoms with Gasteiger partial charge in [0.2, 0.25) is 0 Å². The summed E-state index contributed by atoms with van der Waals surface area (Å²) in [7, 11) is 2.71. The zero-order chi connectivity index (χ0) is 27.1. The molecule has 1 heterocycles. The molecule has 11 heteroatoms. The van der Waals surface area contributed by atoms with Crippen molar-refractivity contribution in [1.82, 2.24) is 5.32 Å². The first-order valence-corrected chi connectivity index (χ1v) is 12.3. The van der Waals surface area contributed by atoms with Crippen LogP contribution >= 0.6 is 11.8 Å². The average Bonchev–Trinajstić information content (AvgIpc) is 2.91. The molecule has 0 saturated heterocycles. The number of carbonyl (C=O) groups is 2. The summed E-state index contributed by atoms with van der Waals surface area (Å²) in [5, 5.41) is 23.6. The van der Waals surface area contributed by atoms with Gasteiger partial charge in [-0.1, -0.05) is 12.1 Å². The Labute approximate surface area is 218 Å². The van der Waals surface area contributed by atoms with Gasteiger partial charge in [-0.25, -0.2) is 9.59 Å². The Kier molecular flexibility index (Phi) is 8.92. The number of dihydropyridines is 1. The molecule has 0 saturated carbocycles. The number of allylic oxidation sites excluding steroid dienone is 1. The van der Waals surface area contributed by atoms with Crippen LogP contribution in [0.1, 0.15) is 30.4 Å². The molecule has 10 nitrogen and oxygen atoms in total. The first-order valence-electron chi connectivity index (χ1n) is 11.1. The molecule has 1 N–H and O–H groups in total. The molecular weight excluding hydrogens is 498 g/mol. The first-order chi connectivity index (χ1) is 17.8. The number of nitriles is 1. The Morgan fingerprint density at radius 2 is 1.92 bits per heavy atom. The van der Waals surface area contributed by atoms with Gasteiger partial charge < -0.3 is 19.5 Å². The molecule has 37 heavy (non-hydrogen) atoms. The highest BCUT2D eigenvalue weighted by atomic mass is 32.2. The monoisotopic (exact) mass is 523 g/mol. The molecule has 2 aromatic rings. The third-order valence-corrected chi connectivity index (χ3v) is 6.45. The predicted molar refractivity (Wildman–Crippen MR) is 137 cm³/mol. The molecular formula is C26H25N3O7S. The van der Waals surface area contributed by atoms with E-state index in [0.717, 1.165) is 4.90 Å². The maximum atomic E-state index is 13.6. The highest BCUT2D eigenvalue weighted by Gasteiger charge is 2.40. The Balaban J connectivity index is 2.37. The van der Waals surface area contributed by atoms with Crippen molar-refractivity contribution < 1.29 is 28.7 Å². The van der Waals surface area contributed by atoms with Gasteiger partial charge in [0.15, 0.2) is 0 Å². The molecule has 0 bridgehead atoms. The fourth-order valence-electron chi connectivity index (χ4n) is 4.06. The fourth-order valence-corrected chi connectivity index (χ4v) is 4.49. The van der Waals surface area contributed by atoms with Gasteiger partial charge in [0.05, 0.1) is 54.4 Å². The van der Waals surface area contributed by atoms with Gasteiger partial charge in [-0.3, -0.25) is 10.1 Å². The van der Waals surface area contributed by atoms with Crippen molar-refractivity contribution in [1.29, 1.82) is 5.26 Å². The van der Waals surface area contributed by atoms with E-state index in [9.17, 15) is 19.7 Å². The molecule has 1 aliphatic heterocycles. The standard InChI is InChI=1S/C26H25N3O7S/c1-15-21(25(30)35-3)22(16-7-5-8-17(13-16)29(32)33)23(26(31)36-12-6-11-27)24(28-15)19-10-9-18(37-4)14-20(19)34-2/h5,7-10,13-14,22,28H,6,12H2,1-4H3. The molecule has 0 amide bonds. The van der Waals surface area contributed by atoms with Crippen molar-refractivity contribution in [3.63, 3.8) is 0 Å². The fraction of sp³-hybridized carbons (Fsp3) is 0.269. The second kappa shape index (κ2) is 12.1. The van der Waals surface area contributed by atoms with Crippen LogP contribution in [-0.2, 0) is 19.1 Å². The van der Waals surface area contributed by atoms with Crippen LogP contribution in [0.3, 0.4) is 0 Å². The van der Waals surface area contributed by atoms with Crippen molar-refractivity contribution in [3.05, 3.63) is 80.5 Å². The molecule has 0 spiro atoms. The zero-order valence-electron chi connectivity index (χ0n) is 20.7. The lowest BCUT2D eigenvalue weighted by Gasteiger charge is -2.32. The Bertz CT molecular complexity index is 1340. The van der Waals surface area contributed by atoms with Crippen molar-refractivity contribution >= 4 is 35.1 Å². The third-order valence-electron chi connectivity index (χ3n) is 5.73. The van der Waals surface area contributed by atoms with Crippen molar-refractivity contribution in [2.24, 2.45) is 0 Å². The number of benzene rings is 2. The zero-order valence-corrected chi connectivity index (χ0v) is 21.5. The van der Waals surface area contributed by atoms with E-state index in [1.165, 1.54) is 44.2 Å². The van der Waals surface area contributed by atoms with Crippen molar-refractivity contribution in [3.8, 4) is 11.8 Å². The number of ether oxygens (including phenoxy) is 3. The minimum absolute atomic E-state index is 0.0274. The van der Waals surface area contributed by atoms with Crippen molar-refractivity contribution in [2.75, 3.05) is 27.1 Å². The molecule has 0 aliphatic carbocycles. The van der Waals surface area contributed by atoms with Crippen LogP contribution in [0.2, 0.25) is 0 Å². The summed E-state index contributed by atoms with van der Waals surface area (Å²) in [6.07, 6.45) is 1.88. The molecule has 0 fully saturated rings. The smallest absolute Gasteiger partial charge is 0.337 e. The summed E-state index contributed by atoms with van der Waals surface area (Å²) < 4.78 is 16.0. The van der Waals surface area contributed by atoms with Crippen LogP contribution < -0.4 is 10.1 Å². The van der Waals surface area contributed by atoms with E-state index in [-0.39, 0.29) is 29.9 Å². The highest BCUT2D eigenvalue weighted by molar-refractivity contribution is 7.98. The largest absolute Gasteiger partial charge is 0.496 e. The summed E-state index contributed by atoms with van der Waals surface area (Å²) >= 11 is 1.51. The van der Waals surface area contributed by atoms with Gasteiger partial charge in [-0.2, -0.15) is 5.26 Å². The van der Waals surface area contributed by atoms with E-state index in [1.54, 1.807) is 19.1 Å². The van der Waals surface area contributed by atoms with E-state index in [4.69, 9.17) is 19.5 Å². The third kappa shape index (κ3) is 5.76. The first kappa shape index (κ1) is 27.3. The second-order valence-electron chi connectivity index (χ2n) is 7.84. The minimum atomic E-state index is -1.07. The Morgan fingerprint density at radius 1 is 1.16 bits per heavy atom. The molecule has 0 radical (unpaired) electrons. The lowest BCUT2D eigenvalue weighted by Crippen LogP contribution is -2.32. The lowest BCUT2D eigenvalue weighted by molar-refractivity contribution is -0.384. The average molecular weight is 524 g/mol. The number of nitrogens with one attached hydrogen (secondary N) is 1. The molecule has 1 aliphatic rings. The lowest BCUT2D eigenvalue weighted by atomic mass is 9.79. The van der Waals surface area contributed by atoms with Crippen LogP contribution in [0.5, 0.6) is 5.75 Å². The molecule has 1 atom stereocenters. The number of nitro groups is 1. The number of thioether (sulfide) groups is 1. The van der Waals surface area contributed by atoms with Gasteiger partial charge in [0.25, 0.3) is 5.69 Å². The summed E-state index contributed by atoms with van der Waals surface area (Å²) in [6, 6.07) is 13.0. The number of esters is 2. The minimum Gasteiger partial charge on any atom is -0.496 e. The predicted octanol–water partition coefficient (Wildman–Crippen LogP) is 4.33. The Hall–Kier alpha value is -4.30. The Morgan fingerprint density at radius 3 is 2.54 bits per heavy atom. The van der Waals surface area contributed by atoms with E-state index >= 15 is 0 Å². The quantitative estimate of drug-likeness (QED) is 0.166. The van der Waals surface area contributed by atoms with Gasteiger partial charge in [-0.05, 0) is 36.9 Å². The van der Waals surface area contributed by atoms with Crippen molar-refractivity contribution in [2.45, 2.75) is 24.2 Å². The number of nitro benzene ring substituents is 1. The molecule has 0 aromatic heterocycles. The highest BCUT2D eigenvalue weighted by Crippen LogP contribution is 2.44. The van der Waals surface area contributed by atoms with Gasteiger partial charge >= 0.3 is 11.9 Å². The number of hydrogen-bond acceptors (Lipinski definition) is 10. The van der Waals surface area contributed by atoms with Crippen LogP contribution in [0, 0.1) is 21.4 Å². The van der Waals surface area contributed by atoms with Crippen LogP contribution in [0.4, 0.5) is 5.69 Å². The number of carbonyl (C=O) groups excluding carboxylic acids is 2. The molecule has 2 aromatic carbocycles. The second-order valence-corrected chi connectivity index (χ2v) is 8.72. The number of methoxy groups -OCH3 is 2. The maximum absolute atomic E-state index is 13.6. The van der Waals surface area contributed by atoms with Gasteiger partial charge in [0.1, 0.15) is 12.4 Å². The van der Waals surface area contributed by atoms with E-state index in [2.05, 4.69) is 5.32 Å². The van der Waals surface area contributed by atoms with Crippen LogP contribution in [0.25, 0.3) is 5.70 Å². The van der Waals surface area contributed by atoms with Gasteiger partial charge in [0, 0.05) is 28.3 Å².